The zero-order valence-electron chi connectivity index (χ0n) is 13.5. The Labute approximate surface area is 123 Å². The molecule has 1 aliphatic rings. The minimum absolute atomic E-state index is 0.314. The van der Waals surface area contributed by atoms with Crippen LogP contribution in [0, 0.1) is 25.2 Å². The summed E-state index contributed by atoms with van der Waals surface area (Å²) in [4.78, 5) is 4.68. The van der Waals surface area contributed by atoms with Crippen LogP contribution in [-0.4, -0.2) is 25.2 Å². The number of aromatic nitrogens is 1. The number of aryl methyl sites for hydroxylation is 1. The van der Waals surface area contributed by atoms with Crippen LogP contribution in [-0.2, 0) is 6.42 Å². The summed E-state index contributed by atoms with van der Waals surface area (Å²) in [6, 6.07) is 0. The summed E-state index contributed by atoms with van der Waals surface area (Å²) in [5, 5.41) is 3.53. The molecule has 1 N–H and O–H groups in total. The van der Waals surface area contributed by atoms with E-state index in [1.807, 2.05) is 6.20 Å². The van der Waals surface area contributed by atoms with Crippen LogP contribution < -0.4 is 10.1 Å². The van der Waals surface area contributed by atoms with Crippen molar-refractivity contribution in [2.24, 2.45) is 11.3 Å². The van der Waals surface area contributed by atoms with E-state index in [0.29, 0.717) is 5.41 Å². The zero-order chi connectivity index (χ0) is 14.8. The molecular formula is C17H28N2O. The first-order chi connectivity index (χ1) is 9.51. The van der Waals surface area contributed by atoms with Crippen molar-refractivity contribution in [2.45, 2.75) is 47.0 Å². The second-order valence-electron chi connectivity index (χ2n) is 6.43. The molecule has 1 aromatic heterocycles. The first-order valence-corrected chi connectivity index (χ1v) is 7.71. The minimum atomic E-state index is 0.314. The average Bonchev–Trinajstić information content (AvgIpc) is 3.25. The summed E-state index contributed by atoms with van der Waals surface area (Å²) >= 11 is 0. The lowest BCUT2D eigenvalue weighted by molar-refractivity contribution is 0.254. The molecule has 0 amide bonds. The molecule has 20 heavy (non-hydrogen) atoms. The van der Waals surface area contributed by atoms with Gasteiger partial charge in [0.15, 0.2) is 0 Å². The smallest absolute Gasteiger partial charge is 0.128 e. The standard InChI is InChI=1S/C17H28N2O/c1-6-18-11-17(4,14-7-8-14)9-15-13(3)16(20-5)12(2)10-19-15/h10,14,18H,6-9,11H2,1-5H3. The summed E-state index contributed by atoms with van der Waals surface area (Å²) in [6.45, 7) is 10.9. The van der Waals surface area contributed by atoms with E-state index in [9.17, 15) is 0 Å². The van der Waals surface area contributed by atoms with Gasteiger partial charge in [0.05, 0.1) is 7.11 Å². The van der Waals surface area contributed by atoms with Gasteiger partial charge in [-0.2, -0.15) is 0 Å². The van der Waals surface area contributed by atoms with Crippen molar-refractivity contribution in [1.29, 1.82) is 0 Å². The van der Waals surface area contributed by atoms with Gasteiger partial charge in [0.1, 0.15) is 5.75 Å². The Morgan fingerprint density at radius 3 is 2.65 bits per heavy atom. The highest BCUT2D eigenvalue weighted by molar-refractivity contribution is 5.41. The van der Waals surface area contributed by atoms with E-state index in [1.54, 1.807) is 7.11 Å². The van der Waals surface area contributed by atoms with Crippen molar-refractivity contribution in [3.05, 3.63) is 23.0 Å². The van der Waals surface area contributed by atoms with Crippen molar-refractivity contribution >= 4 is 0 Å². The predicted octanol–water partition coefficient (Wildman–Crippen LogP) is 3.28. The van der Waals surface area contributed by atoms with Crippen LogP contribution in [0.4, 0.5) is 0 Å². The highest BCUT2D eigenvalue weighted by Crippen LogP contribution is 2.47. The second-order valence-corrected chi connectivity index (χ2v) is 6.43. The van der Waals surface area contributed by atoms with E-state index in [0.717, 1.165) is 36.7 Å². The lowest BCUT2D eigenvalue weighted by Gasteiger charge is -2.30. The molecule has 0 saturated heterocycles. The highest BCUT2D eigenvalue weighted by Gasteiger charge is 2.41. The Morgan fingerprint density at radius 2 is 2.10 bits per heavy atom. The molecule has 1 heterocycles. The average molecular weight is 276 g/mol. The van der Waals surface area contributed by atoms with E-state index in [2.05, 4.69) is 38.0 Å². The topological polar surface area (TPSA) is 34.2 Å². The van der Waals surface area contributed by atoms with Crippen LogP contribution in [0.1, 0.15) is 43.5 Å². The first-order valence-electron chi connectivity index (χ1n) is 7.71. The van der Waals surface area contributed by atoms with Crippen LogP contribution in [0.25, 0.3) is 0 Å². The van der Waals surface area contributed by atoms with E-state index in [1.165, 1.54) is 24.1 Å². The number of hydrogen-bond donors (Lipinski definition) is 1. The van der Waals surface area contributed by atoms with Crippen LogP contribution >= 0.6 is 0 Å². The van der Waals surface area contributed by atoms with Crippen molar-refractivity contribution in [2.75, 3.05) is 20.2 Å². The molecule has 112 valence electrons. The monoisotopic (exact) mass is 276 g/mol. The van der Waals surface area contributed by atoms with Gasteiger partial charge in [-0.05, 0) is 51.0 Å². The minimum Gasteiger partial charge on any atom is -0.496 e. The van der Waals surface area contributed by atoms with Gasteiger partial charge in [0.2, 0.25) is 0 Å². The van der Waals surface area contributed by atoms with Crippen LogP contribution in [0.3, 0.4) is 0 Å². The van der Waals surface area contributed by atoms with Gasteiger partial charge in [-0.15, -0.1) is 0 Å². The van der Waals surface area contributed by atoms with Crippen LogP contribution in [0.5, 0.6) is 5.75 Å². The Morgan fingerprint density at radius 1 is 1.40 bits per heavy atom. The third-order valence-corrected chi connectivity index (χ3v) is 4.66. The maximum atomic E-state index is 5.53. The van der Waals surface area contributed by atoms with Gasteiger partial charge in [0, 0.05) is 29.6 Å². The first kappa shape index (κ1) is 15.3. The molecule has 1 unspecified atom stereocenters. The highest BCUT2D eigenvalue weighted by atomic mass is 16.5. The number of methoxy groups -OCH3 is 1. The van der Waals surface area contributed by atoms with Crippen LogP contribution in [0.15, 0.2) is 6.20 Å². The normalized spacial score (nSPS) is 17.9. The number of ether oxygens (including phenoxy) is 1. The van der Waals surface area contributed by atoms with Crippen molar-refractivity contribution in [3.63, 3.8) is 0 Å². The van der Waals surface area contributed by atoms with E-state index in [4.69, 9.17) is 4.74 Å². The molecule has 3 nitrogen and oxygen atoms in total. The fourth-order valence-electron chi connectivity index (χ4n) is 3.17. The molecule has 0 bridgehead atoms. The lowest BCUT2D eigenvalue weighted by atomic mass is 9.79. The number of nitrogens with zero attached hydrogens (tertiary/aromatic N) is 1. The summed E-state index contributed by atoms with van der Waals surface area (Å²) in [5.41, 5.74) is 3.83. The number of hydrogen-bond acceptors (Lipinski definition) is 3. The fraction of sp³-hybridized carbons (Fsp3) is 0.706. The second kappa shape index (κ2) is 6.13. The molecule has 2 rings (SSSR count). The summed E-state index contributed by atoms with van der Waals surface area (Å²) in [5.74, 6) is 1.84. The summed E-state index contributed by atoms with van der Waals surface area (Å²) < 4.78 is 5.53. The van der Waals surface area contributed by atoms with Crippen molar-refractivity contribution in [1.82, 2.24) is 10.3 Å². The van der Waals surface area contributed by atoms with E-state index >= 15 is 0 Å². The maximum absolute atomic E-state index is 5.53. The van der Waals surface area contributed by atoms with Gasteiger partial charge < -0.3 is 10.1 Å². The predicted molar refractivity (Wildman–Crippen MR) is 83.3 cm³/mol. The lowest BCUT2D eigenvalue weighted by Crippen LogP contribution is -2.36. The quantitative estimate of drug-likeness (QED) is 0.830. The Kier molecular flexibility index (Phi) is 4.69. The maximum Gasteiger partial charge on any atom is 0.128 e. The Balaban J connectivity index is 2.22. The molecule has 0 radical (unpaired) electrons. The molecule has 3 heteroatoms. The van der Waals surface area contributed by atoms with Gasteiger partial charge in [-0.3, -0.25) is 4.98 Å². The van der Waals surface area contributed by atoms with Gasteiger partial charge in [-0.1, -0.05) is 13.8 Å². The van der Waals surface area contributed by atoms with Gasteiger partial charge >= 0.3 is 0 Å². The fourth-order valence-corrected chi connectivity index (χ4v) is 3.17. The summed E-state index contributed by atoms with van der Waals surface area (Å²) in [6.07, 6.45) is 5.71. The van der Waals surface area contributed by atoms with E-state index < -0.39 is 0 Å². The molecule has 1 aromatic rings. The van der Waals surface area contributed by atoms with Gasteiger partial charge in [0.25, 0.3) is 0 Å². The third-order valence-electron chi connectivity index (χ3n) is 4.66. The molecule has 0 spiro atoms. The largest absolute Gasteiger partial charge is 0.496 e. The summed E-state index contributed by atoms with van der Waals surface area (Å²) in [7, 11) is 1.75. The number of rotatable bonds is 7. The van der Waals surface area contributed by atoms with Crippen molar-refractivity contribution in [3.8, 4) is 5.75 Å². The van der Waals surface area contributed by atoms with Gasteiger partial charge in [-0.25, -0.2) is 0 Å². The number of pyridine rings is 1. The van der Waals surface area contributed by atoms with E-state index in [-0.39, 0.29) is 0 Å². The number of nitrogens with one attached hydrogen (secondary N) is 1. The molecule has 0 aromatic carbocycles. The molecule has 1 aliphatic carbocycles. The third kappa shape index (κ3) is 3.14. The Bertz CT molecular complexity index is 468. The zero-order valence-corrected chi connectivity index (χ0v) is 13.5. The van der Waals surface area contributed by atoms with Crippen LogP contribution in [0.2, 0.25) is 0 Å². The van der Waals surface area contributed by atoms with Crippen molar-refractivity contribution < 1.29 is 4.74 Å². The molecule has 0 aliphatic heterocycles. The molecular weight excluding hydrogens is 248 g/mol. The Hall–Kier alpha value is -1.09. The SMILES string of the molecule is CCNCC(C)(Cc1ncc(C)c(OC)c1C)C1CC1. The molecule has 1 fully saturated rings. The molecule has 1 atom stereocenters. The molecule has 1 saturated carbocycles.